The van der Waals surface area contributed by atoms with Crippen LogP contribution in [0.1, 0.15) is 42.9 Å². The lowest BCUT2D eigenvalue weighted by atomic mass is 10.1. The van der Waals surface area contributed by atoms with Crippen molar-refractivity contribution in [2.45, 2.75) is 59.2 Å². The molecule has 0 radical (unpaired) electrons. The number of hydrogen-bond acceptors (Lipinski definition) is 3. The maximum Gasteiger partial charge on any atom is 0.122 e. The Morgan fingerprint density at radius 3 is 2.71 bits per heavy atom. The minimum absolute atomic E-state index is 0.235. The average Bonchev–Trinajstić information content (AvgIpc) is 2.89. The zero-order valence-corrected chi connectivity index (χ0v) is 13.9. The van der Waals surface area contributed by atoms with Crippen molar-refractivity contribution in [2.75, 3.05) is 19.7 Å². The van der Waals surface area contributed by atoms with Crippen LogP contribution < -0.4 is 10.1 Å². The minimum atomic E-state index is 0.235. The highest BCUT2D eigenvalue weighted by molar-refractivity contribution is 5.41. The molecule has 3 nitrogen and oxygen atoms in total. The first kappa shape index (κ1) is 16.3. The van der Waals surface area contributed by atoms with Gasteiger partial charge in [-0.15, -0.1) is 0 Å². The van der Waals surface area contributed by atoms with Crippen LogP contribution in [0.2, 0.25) is 0 Å². The molecule has 1 aromatic carbocycles. The van der Waals surface area contributed by atoms with Gasteiger partial charge in [0.05, 0.1) is 12.2 Å². The van der Waals surface area contributed by atoms with Crippen LogP contribution in [-0.2, 0) is 4.74 Å². The molecular weight excluding hydrogens is 262 g/mol. The lowest BCUT2D eigenvalue weighted by Gasteiger charge is -2.17. The molecule has 118 valence electrons. The Bertz CT molecular complexity index is 459. The third-order valence-corrected chi connectivity index (χ3v) is 4.18. The number of benzene rings is 1. The largest absolute Gasteiger partial charge is 0.491 e. The van der Waals surface area contributed by atoms with Gasteiger partial charge < -0.3 is 14.8 Å². The Morgan fingerprint density at radius 1 is 1.19 bits per heavy atom. The second kappa shape index (κ2) is 7.81. The predicted octanol–water partition coefficient (Wildman–Crippen LogP) is 3.54. The number of nitrogens with one attached hydrogen (secondary N) is 1. The zero-order valence-electron chi connectivity index (χ0n) is 13.9. The topological polar surface area (TPSA) is 30.5 Å². The molecule has 1 aliphatic rings. The van der Waals surface area contributed by atoms with Crippen LogP contribution in [0, 0.1) is 20.8 Å². The molecule has 0 bridgehead atoms. The van der Waals surface area contributed by atoms with E-state index in [0.717, 1.165) is 31.7 Å². The van der Waals surface area contributed by atoms with Gasteiger partial charge in [-0.3, -0.25) is 0 Å². The standard InChI is InChI=1S/C18H29NO2/c1-5-8-19-11-16-6-7-17(21-16)12-20-18-10-13(2)9-14(3)15(18)4/h9-10,16-17,19H,5-8,11-12H2,1-4H3. The van der Waals surface area contributed by atoms with Gasteiger partial charge in [-0.2, -0.15) is 0 Å². The molecule has 2 rings (SSSR count). The lowest BCUT2D eigenvalue weighted by molar-refractivity contribution is 0.0185. The monoisotopic (exact) mass is 291 g/mol. The molecule has 0 aromatic heterocycles. The normalized spacial score (nSPS) is 21.7. The summed E-state index contributed by atoms with van der Waals surface area (Å²) in [6.45, 7) is 11.3. The fraction of sp³-hybridized carbons (Fsp3) is 0.667. The maximum absolute atomic E-state index is 6.04. The quantitative estimate of drug-likeness (QED) is 0.780. The molecule has 0 saturated carbocycles. The fourth-order valence-electron chi connectivity index (χ4n) is 2.83. The summed E-state index contributed by atoms with van der Waals surface area (Å²) in [5, 5.41) is 3.43. The summed E-state index contributed by atoms with van der Waals surface area (Å²) in [5.41, 5.74) is 3.78. The molecule has 2 unspecified atom stereocenters. The second-order valence-corrected chi connectivity index (χ2v) is 6.18. The molecule has 1 fully saturated rings. The zero-order chi connectivity index (χ0) is 15.2. The van der Waals surface area contributed by atoms with E-state index in [-0.39, 0.29) is 6.10 Å². The van der Waals surface area contributed by atoms with Crippen molar-refractivity contribution in [1.29, 1.82) is 0 Å². The molecule has 1 aliphatic heterocycles. The first-order chi connectivity index (χ1) is 10.1. The summed E-state index contributed by atoms with van der Waals surface area (Å²) in [7, 11) is 0. The highest BCUT2D eigenvalue weighted by atomic mass is 16.5. The van der Waals surface area contributed by atoms with Crippen LogP contribution >= 0.6 is 0 Å². The molecular formula is C18H29NO2. The highest BCUT2D eigenvalue weighted by Crippen LogP contribution is 2.25. The van der Waals surface area contributed by atoms with Gasteiger partial charge in [0.2, 0.25) is 0 Å². The summed E-state index contributed by atoms with van der Waals surface area (Å²) < 4.78 is 12.1. The van der Waals surface area contributed by atoms with Crippen molar-refractivity contribution in [3.63, 3.8) is 0 Å². The van der Waals surface area contributed by atoms with Crippen LogP contribution in [0.15, 0.2) is 12.1 Å². The van der Waals surface area contributed by atoms with E-state index in [1.54, 1.807) is 0 Å². The Kier molecular flexibility index (Phi) is 6.07. The summed E-state index contributed by atoms with van der Waals surface area (Å²) in [5.74, 6) is 1.00. The molecule has 0 spiro atoms. The molecule has 1 aromatic rings. The molecule has 1 heterocycles. The van der Waals surface area contributed by atoms with Gasteiger partial charge in [0.15, 0.2) is 0 Å². The highest BCUT2D eigenvalue weighted by Gasteiger charge is 2.25. The van der Waals surface area contributed by atoms with Crippen LogP contribution in [0.4, 0.5) is 0 Å². The third kappa shape index (κ3) is 4.72. The van der Waals surface area contributed by atoms with E-state index in [0.29, 0.717) is 12.7 Å². The average molecular weight is 291 g/mol. The van der Waals surface area contributed by atoms with E-state index in [9.17, 15) is 0 Å². The van der Waals surface area contributed by atoms with Crippen LogP contribution in [0.5, 0.6) is 5.75 Å². The number of hydrogen-bond donors (Lipinski definition) is 1. The second-order valence-electron chi connectivity index (χ2n) is 6.18. The third-order valence-electron chi connectivity index (χ3n) is 4.18. The van der Waals surface area contributed by atoms with Crippen LogP contribution in [-0.4, -0.2) is 31.9 Å². The fourth-order valence-corrected chi connectivity index (χ4v) is 2.83. The van der Waals surface area contributed by atoms with Crippen LogP contribution in [0.3, 0.4) is 0 Å². The molecule has 1 saturated heterocycles. The Morgan fingerprint density at radius 2 is 1.95 bits per heavy atom. The summed E-state index contributed by atoms with van der Waals surface area (Å²) in [6, 6.07) is 4.32. The van der Waals surface area contributed by atoms with E-state index in [1.165, 1.54) is 23.1 Å². The maximum atomic E-state index is 6.04. The summed E-state index contributed by atoms with van der Waals surface area (Å²) >= 11 is 0. The van der Waals surface area contributed by atoms with Gasteiger partial charge in [-0.05, 0) is 69.3 Å². The summed E-state index contributed by atoms with van der Waals surface area (Å²) in [6.07, 6.45) is 3.99. The van der Waals surface area contributed by atoms with Gasteiger partial charge in [-0.25, -0.2) is 0 Å². The van der Waals surface area contributed by atoms with Crippen molar-refractivity contribution in [1.82, 2.24) is 5.32 Å². The first-order valence-electron chi connectivity index (χ1n) is 8.17. The van der Waals surface area contributed by atoms with Crippen molar-refractivity contribution < 1.29 is 9.47 Å². The van der Waals surface area contributed by atoms with Crippen molar-refractivity contribution in [3.8, 4) is 5.75 Å². The van der Waals surface area contributed by atoms with E-state index in [2.05, 4.69) is 45.1 Å². The molecule has 1 N–H and O–H groups in total. The first-order valence-corrected chi connectivity index (χ1v) is 8.17. The SMILES string of the molecule is CCCNCC1CCC(COc2cc(C)cc(C)c2C)O1. The minimum Gasteiger partial charge on any atom is -0.491 e. The van der Waals surface area contributed by atoms with Gasteiger partial charge >= 0.3 is 0 Å². The van der Waals surface area contributed by atoms with Gasteiger partial charge in [0, 0.05) is 6.54 Å². The van der Waals surface area contributed by atoms with Gasteiger partial charge in [-0.1, -0.05) is 13.0 Å². The predicted molar refractivity (Wildman–Crippen MR) is 87.2 cm³/mol. The molecule has 2 atom stereocenters. The van der Waals surface area contributed by atoms with Crippen LogP contribution in [0.25, 0.3) is 0 Å². The molecule has 0 amide bonds. The van der Waals surface area contributed by atoms with Gasteiger partial charge in [0.1, 0.15) is 12.4 Å². The Labute approximate surface area is 129 Å². The number of aryl methyl sites for hydroxylation is 2. The van der Waals surface area contributed by atoms with E-state index >= 15 is 0 Å². The Hall–Kier alpha value is -1.06. The van der Waals surface area contributed by atoms with Crippen molar-refractivity contribution in [3.05, 3.63) is 28.8 Å². The Balaban J connectivity index is 1.79. The number of ether oxygens (including phenoxy) is 2. The van der Waals surface area contributed by atoms with Crippen molar-refractivity contribution >= 4 is 0 Å². The number of rotatable bonds is 7. The smallest absolute Gasteiger partial charge is 0.122 e. The summed E-state index contributed by atoms with van der Waals surface area (Å²) in [4.78, 5) is 0. The van der Waals surface area contributed by atoms with E-state index < -0.39 is 0 Å². The molecule has 0 aliphatic carbocycles. The molecule has 21 heavy (non-hydrogen) atoms. The van der Waals surface area contributed by atoms with E-state index in [4.69, 9.17) is 9.47 Å². The van der Waals surface area contributed by atoms with E-state index in [1.807, 2.05) is 0 Å². The van der Waals surface area contributed by atoms with Gasteiger partial charge in [0.25, 0.3) is 0 Å². The molecule has 3 heteroatoms. The lowest BCUT2D eigenvalue weighted by Crippen LogP contribution is -2.28. The van der Waals surface area contributed by atoms with Crippen molar-refractivity contribution in [2.24, 2.45) is 0 Å².